The molecule has 1 unspecified atom stereocenters. The van der Waals surface area contributed by atoms with Gasteiger partial charge in [-0.1, -0.05) is 36.4 Å². The molecule has 0 spiro atoms. The fourth-order valence-electron chi connectivity index (χ4n) is 3.60. The summed E-state index contributed by atoms with van der Waals surface area (Å²) in [4.78, 5) is 25.4. The average Bonchev–Trinajstić information content (AvgIpc) is 3.51. The van der Waals surface area contributed by atoms with Gasteiger partial charge in [0, 0.05) is 17.5 Å². The van der Waals surface area contributed by atoms with Gasteiger partial charge in [0.25, 0.3) is 15.9 Å². The zero-order chi connectivity index (χ0) is 24.1. The second-order valence-electron chi connectivity index (χ2n) is 7.73. The van der Waals surface area contributed by atoms with E-state index in [1.807, 2.05) is 41.8 Å². The molecule has 0 saturated heterocycles. The van der Waals surface area contributed by atoms with Crippen molar-refractivity contribution in [1.82, 2.24) is 5.32 Å². The third-order valence-electron chi connectivity index (χ3n) is 5.40. The van der Waals surface area contributed by atoms with E-state index < -0.39 is 22.1 Å². The number of fused-ring (bicyclic) bond motifs is 1. The van der Waals surface area contributed by atoms with Crippen LogP contribution in [0.15, 0.2) is 77.0 Å². The molecule has 1 aromatic heterocycles. The molecule has 1 atom stereocenters. The van der Waals surface area contributed by atoms with Gasteiger partial charge in [0.2, 0.25) is 0 Å². The lowest BCUT2D eigenvalue weighted by Gasteiger charge is -2.19. The van der Waals surface area contributed by atoms with Crippen LogP contribution in [0.3, 0.4) is 0 Å². The summed E-state index contributed by atoms with van der Waals surface area (Å²) >= 11 is 1.53. The first-order valence-electron chi connectivity index (χ1n) is 10.7. The Labute approximate surface area is 202 Å². The number of nitrogens with one attached hydrogen (secondary N) is 1. The van der Waals surface area contributed by atoms with E-state index in [0.29, 0.717) is 30.8 Å². The number of sulfonamides is 1. The molecule has 2 heterocycles. The van der Waals surface area contributed by atoms with Crippen molar-refractivity contribution in [2.75, 3.05) is 10.8 Å². The number of ether oxygens (including phenoxy) is 1. The molecule has 7 nitrogen and oxygen atoms in total. The van der Waals surface area contributed by atoms with Crippen LogP contribution in [0.2, 0.25) is 0 Å². The molecule has 1 amide bonds. The van der Waals surface area contributed by atoms with Gasteiger partial charge in [-0.15, -0.1) is 11.3 Å². The second-order valence-corrected chi connectivity index (χ2v) is 10.6. The first kappa shape index (κ1) is 23.7. The van der Waals surface area contributed by atoms with Crippen LogP contribution < -0.4 is 9.62 Å². The van der Waals surface area contributed by atoms with Crippen molar-refractivity contribution in [3.8, 4) is 0 Å². The lowest BCUT2D eigenvalue weighted by atomic mass is 10.2. The predicted octanol–water partition coefficient (Wildman–Crippen LogP) is 3.76. The molecule has 1 aliphatic rings. The van der Waals surface area contributed by atoms with E-state index in [1.165, 1.54) is 46.9 Å². The fourth-order valence-corrected chi connectivity index (χ4v) is 5.75. The second kappa shape index (κ2) is 10.2. The monoisotopic (exact) mass is 496 g/mol. The van der Waals surface area contributed by atoms with E-state index in [2.05, 4.69) is 5.32 Å². The Bertz CT molecular complexity index is 1300. The number of hydrogen-bond acceptors (Lipinski definition) is 6. The quantitative estimate of drug-likeness (QED) is 0.379. The van der Waals surface area contributed by atoms with Crippen molar-refractivity contribution in [2.24, 2.45) is 0 Å². The Morgan fingerprint density at radius 2 is 1.88 bits per heavy atom. The Morgan fingerprint density at radius 3 is 2.62 bits per heavy atom. The lowest BCUT2D eigenvalue weighted by molar-refractivity contribution is -0.150. The van der Waals surface area contributed by atoms with Crippen LogP contribution >= 0.6 is 11.3 Å². The zero-order valence-corrected chi connectivity index (χ0v) is 20.1. The van der Waals surface area contributed by atoms with Gasteiger partial charge < -0.3 is 10.1 Å². The van der Waals surface area contributed by atoms with Crippen LogP contribution in [0.1, 0.15) is 22.9 Å². The number of carbonyl (C=O) groups excluding carboxylic acids is 2. The molecule has 4 rings (SSSR count). The molecule has 1 N–H and O–H groups in total. The van der Waals surface area contributed by atoms with Gasteiger partial charge in [0.1, 0.15) is 0 Å². The van der Waals surface area contributed by atoms with Gasteiger partial charge in [-0.2, -0.15) is 0 Å². The zero-order valence-electron chi connectivity index (χ0n) is 18.5. The maximum atomic E-state index is 13.1. The summed E-state index contributed by atoms with van der Waals surface area (Å²) in [6.07, 6.45) is 2.47. The van der Waals surface area contributed by atoms with Gasteiger partial charge in [-0.05, 0) is 60.2 Å². The number of rotatable bonds is 8. The number of esters is 1. The van der Waals surface area contributed by atoms with Crippen molar-refractivity contribution in [3.05, 3.63) is 88.1 Å². The highest BCUT2D eigenvalue weighted by molar-refractivity contribution is 7.92. The van der Waals surface area contributed by atoms with Gasteiger partial charge in [0.15, 0.2) is 6.10 Å². The molecule has 2 aromatic carbocycles. The third kappa shape index (κ3) is 5.37. The SMILES string of the molecule is CC(OC(=O)C=Cc1ccc(S(=O)(=O)N2CCc3ccccc32)cc1)C(=O)NCc1cccs1. The maximum Gasteiger partial charge on any atom is 0.331 e. The molecule has 0 saturated carbocycles. The molecule has 9 heteroatoms. The summed E-state index contributed by atoms with van der Waals surface area (Å²) < 4.78 is 32.7. The van der Waals surface area contributed by atoms with Crippen molar-refractivity contribution < 1.29 is 22.7 Å². The minimum atomic E-state index is -3.67. The minimum absolute atomic E-state index is 0.181. The normalized spacial score (nSPS) is 14.1. The smallest absolute Gasteiger partial charge is 0.331 e. The van der Waals surface area contributed by atoms with Crippen molar-refractivity contribution >= 4 is 45.0 Å². The molecule has 0 bridgehead atoms. The summed E-state index contributed by atoms with van der Waals surface area (Å²) in [5.74, 6) is -1.04. The van der Waals surface area contributed by atoms with Gasteiger partial charge in [0.05, 0.1) is 17.1 Å². The van der Waals surface area contributed by atoms with Crippen LogP contribution in [0.5, 0.6) is 0 Å². The highest BCUT2D eigenvalue weighted by Crippen LogP contribution is 2.32. The van der Waals surface area contributed by atoms with Crippen molar-refractivity contribution in [1.29, 1.82) is 0 Å². The van der Waals surface area contributed by atoms with E-state index in [1.54, 1.807) is 12.1 Å². The molecule has 3 aromatic rings. The number of anilines is 1. The highest BCUT2D eigenvalue weighted by atomic mass is 32.2. The van der Waals surface area contributed by atoms with E-state index >= 15 is 0 Å². The van der Waals surface area contributed by atoms with Crippen LogP contribution in [-0.2, 0) is 37.3 Å². The molecule has 34 heavy (non-hydrogen) atoms. The maximum absolute atomic E-state index is 13.1. The summed E-state index contributed by atoms with van der Waals surface area (Å²) in [5.41, 5.74) is 2.36. The Kier molecular flexibility index (Phi) is 7.14. The fraction of sp³-hybridized carbons (Fsp3) is 0.200. The first-order valence-corrected chi connectivity index (χ1v) is 13.1. The highest BCUT2D eigenvalue weighted by Gasteiger charge is 2.30. The van der Waals surface area contributed by atoms with Crippen LogP contribution in [0, 0.1) is 0 Å². The standard InChI is InChI=1S/C25H24N2O5S2/c1-18(25(29)26-17-21-6-4-16-33-21)32-24(28)13-10-19-8-11-22(12-9-19)34(30,31)27-15-14-20-5-2-3-7-23(20)27/h2-13,16,18H,14-15,17H2,1H3,(H,26,29). The van der Waals surface area contributed by atoms with Crippen LogP contribution in [0.4, 0.5) is 5.69 Å². The van der Waals surface area contributed by atoms with Gasteiger partial charge in [-0.3, -0.25) is 9.10 Å². The Morgan fingerprint density at radius 1 is 1.12 bits per heavy atom. The molecule has 0 aliphatic carbocycles. The van der Waals surface area contributed by atoms with Gasteiger partial charge in [-0.25, -0.2) is 13.2 Å². The predicted molar refractivity (Wildman–Crippen MR) is 132 cm³/mol. The van der Waals surface area contributed by atoms with Gasteiger partial charge >= 0.3 is 5.97 Å². The van der Waals surface area contributed by atoms with Crippen LogP contribution in [-0.4, -0.2) is 32.9 Å². The molecule has 0 fully saturated rings. The molecule has 0 radical (unpaired) electrons. The number of carbonyl (C=O) groups is 2. The lowest BCUT2D eigenvalue weighted by Crippen LogP contribution is -2.34. The summed E-state index contributed by atoms with van der Waals surface area (Å²) in [5, 5.41) is 4.64. The molecular weight excluding hydrogens is 472 g/mol. The van der Waals surface area contributed by atoms with E-state index in [0.717, 1.165) is 10.4 Å². The Hall–Kier alpha value is -3.43. The molecule has 176 valence electrons. The summed E-state index contributed by atoms with van der Waals surface area (Å²) in [6.45, 7) is 2.30. The van der Waals surface area contributed by atoms with Crippen LogP contribution in [0.25, 0.3) is 6.08 Å². The average molecular weight is 497 g/mol. The topological polar surface area (TPSA) is 92.8 Å². The van der Waals surface area contributed by atoms with E-state index in [4.69, 9.17) is 4.74 Å². The third-order valence-corrected chi connectivity index (χ3v) is 8.11. The van der Waals surface area contributed by atoms with E-state index in [9.17, 15) is 18.0 Å². The number of amides is 1. The number of benzene rings is 2. The summed E-state index contributed by atoms with van der Waals surface area (Å²) in [7, 11) is -3.67. The number of thiophene rings is 1. The number of para-hydroxylation sites is 1. The largest absolute Gasteiger partial charge is 0.449 e. The minimum Gasteiger partial charge on any atom is -0.449 e. The summed E-state index contributed by atoms with van der Waals surface area (Å²) in [6, 6.07) is 17.6. The Balaban J connectivity index is 1.33. The van der Waals surface area contributed by atoms with Crippen molar-refractivity contribution in [3.63, 3.8) is 0 Å². The molecular formula is C25H24N2O5S2. The van der Waals surface area contributed by atoms with E-state index in [-0.39, 0.29) is 10.8 Å². The molecule has 1 aliphatic heterocycles. The first-order chi connectivity index (χ1) is 16.3. The van der Waals surface area contributed by atoms with Crippen molar-refractivity contribution in [2.45, 2.75) is 30.9 Å². The number of nitrogens with zero attached hydrogens (tertiary/aromatic N) is 1. The number of hydrogen-bond donors (Lipinski definition) is 1.